The monoisotopic (exact) mass is 354 g/mol. The van der Waals surface area contributed by atoms with E-state index in [1.165, 1.54) is 7.11 Å². The number of hydrogen-bond acceptors (Lipinski definition) is 4. The number of aryl methyl sites for hydroxylation is 1. The zero-order valence-corrected chi connectivity index (χ0v) is 15.0. The van der Waals surface area contributed by atoms with Crippen LogP contribution in [0.15, 0.2) is 42.5 Å². The molecule has 3 rings (SSSR count). The highest BCUT2D eigenvalue weighted by Crippen LogP contribution is 2.40. The van der Waals surface area contributed by atoms with Gasteiger partial charge in [-0.05, 0) is 43.2 Å². The molecule has 2 N–H and O–H groups in total. The lowest BCUT2D eigenvalue weighted by atomic mass is 10.2. The maximum Gasteiger partial charge on any atom is 0.228 e. The van der Waals surface area contributed by atoms with Crippen molar-refractivity contribution in [2.24, 2.45) is 11.8 Å². The van der Waals surface area contributed by atoms with Gasteiger partial charge in [-0.1, -0.05) is 12.1 Å². The van der Waals surface area contributed by atoms with Crippen LogP contribution in [0.2, 0.25) is 0 Å². The lowest BCUT2D eigenvalue weighted by molar-refractivity contribution is -0.122. The molecule has 2 amide bonds. The molecular weight excluding hydrogens is 332 g/mol. The molecular formula is C20H22N2O4. The molecule has 6 heteroatoms. The molecule has 0 aliphatic heterocycles. The molecule has 1 fully saturated rings. The zero-order valence-electron chi connectivity index (χ0n) is 15.0. The van der Waals surface area contributed by atoms with Crippen molar-refractivity contribution in [3.05, 3.63) is 48.0 Å². The van der Waals surface area contributed by atoms with Gasteiger partial charge in [0, 0.05) is 17.4 Å². The molecule has 0 saturated heterocycles. The van der Waals surface area contributed by atoms with E-state index in [2.05, 4.69) is 10.6 Å². The van der Waals surface area contributed by atoms with Gasteiger partial charge in [-0.25, -0.2) is 0 Å². The van der Waals surface area contributed by atoms with Gasteiger partial charge in [0.1, 0.15) is 0 Å². The van der Waals surface area contributed by atoms with E-state index < -0.39 is 0 Å². The minimum atomic E-state index is -0.312. The number of rotatable bonds is 6. The van der Waals surface area contributed by atoms with E-state index in [4.69, 9.17) is 9.47 Å². The van der Waals surface area contributed by atoms with E-state index in [1.54, 1.807) is 25.3 Å². The molecule has 1 aliphatic carbocycles. The second kappa shape index (κ2) is 7.47. The third kappa shape index (κ3) is 3.96. The van der Waals surface area contributed by atoms with Crippen LogP contribution in [0.25, 0.3) is 0 Å². The van der Waals surface area contributed by atoms with E-state index in [0.29, 0.717) is 23.6 Å². The summed E-state index contributed by atoms with van der Waals surface area (Å²) < 4.78 is 10.4. The molecule has 1 saturated carbocycles. The lowest BCUT2D eigenvalue weighted by Crippen LogP contribution is -2.20. The molecule has 2 aromatic carbocycles. The molecule has 1 aliphatic rings. The number of nitrogens with one attached hydrogen (secondary N) is 2. The van der Waals surface area contributed by atoms with Crippen LogP contribution in [0, 0.1) is 18.8 Å². The number of anilines is 2. The largest absolute Gasteiger partial charge is 0.493 e. The second-order valence-electron chi connectivity index (χ2n) is 6.37. The summed E-state index contributed by atoms with van der Waals surface area (Å²) in [5.41, 5.74) is 2.43. The zero-order chi connectivity index (χ0) is 18.7. The van der Waals surface area contributed by atoms with Gasteiger partial charge in [0.05, 0.1) is 26.1 Å². The third-order valence-electron chi connectivity index (χ3n) is 4.40. The van der Waals surface area contributed by atoms with Crippen LogP contribution >= 0.6 is 0 Å². The van der Waals surface area contributed by atoms with Crippen molar-refractivity contribution in [3.8, 4) is 11.5 Å². The predicted octanol–water partition coefficient (Wildman–Crippen LogP) is 3.23. The molecule has 6 nitrogen and oxygen atoms in total. The van der Waals surface area contributed by atoms with Crippen molar-refractivity contribution in [1.29, 1.82) is 0 Å². The van der Waals surface area contributed by atoms with Crippen LogP contribution in [0.3, 0.4) is 0 Å². The van der Waals surface area contributed by atoms with Gasteiger partial charge in [0.25, 0.3) is 0 Å². The molecule has 2 atom stereocenters. The average Bonchev–Trinajstić information content (AvgIpc) is 3.42. The summed E-state index contributed by atoms with van der Waals surface area (Å²) in [4.78, 5) is 24.7. The first kappa shape index (κ1) is 17.8. The Kier molecular flexibility index (Phi) is 5.11. The molecule has 0 heterocycles. The van der Waals surface area contributed by atoms with Crippen LogP contribution in [-0.2, 0) is 9.59 Å². The number of hydrogen-bond donors (Lipinski definition) is 2. The summed E-state index contributed by atoms with van der Waals surface area (Å²) in [6, 6.07) is 12.8. The quantitative estimate of drug-likeness (QED) is 0.835. The topological polar surface area (TPSA) is 76.7 Å². The fourth-order valence-corrected chi connectivity index (χ4v) is 2.88. The fraction of sp³-hybridized carbons (Fsp3) is 0.300. The second-order valence-corrected chi connectivity index (χ2v) is 6.37. The molecule has 26 heavy (non-hydrogen) atoms. The highest BCUT2D eigenvalue weighted by atomic mass is 16.5. The van der Waals surface area contributed by atoms with Crippen molar-refractivity contribution < 1.29 is 19.1 Å². The first-order valence-corrected chi connectivity index (χ1v) is 8.42. The average molecular weight is 354 g/mol. The van der Waals surface area contributed by atoms with E-state index >= 15 is 0 Å². The summed E-state index contributed by atoms with van der Waals surface area (Å²) >= 11 is 0. The van der Waals surface area contributed by atoms with Crippen LogP contribution in [-0.4, -0.2) is 26.0 Å². The smallest absolute Gasteiger partial charge is 0.228 e. The molecule has 0 spiro atoms. The number of methoxy groups -OCH3 is 2. The Morgan fingerprint density at radius 2 is 1.50 bits per heavy atom. The van der Waals surface area contributed by atoms with Crippen molar-refractivity contribution in [3.63, 3.8) is 0 Å². The number of carbonyl (C=O) groups is 2. The van der Waals surface area contributed by atoms with Gasteiger partial charge in [-0.15, -0.1) is 0 Å². The summed E-state index contributed by atoms with van der Waals surface area (Å²) in [7, 11) is 3.09. The van der Waals surface area contributed by atoms with Crippen LogP contribution in [0.4, 0.5) is 11.4 Å². The minimum Gasteiger partial charge on any atom is -0.493 e. The van der Waals surface area contributed by atoms with E-state index in [0.717, 1.165) is 11.3 Å². The van der Waals surface area contributed by atoms with Gasteiger partial charge < -0.3 is 20.1 Å². The number of amides is 2. The van der Waals surface area contributed by atoms with E-state index in [-0.39, 0.29) is 23.7 Å². The Morgan fingerprint density at radius 3 is 2.08 bits per heavy atom. The fourth-order valence-electron chi connectivity index (χ4n) is 2.88. The van der Waals surface area contributed by atoms with Crippen molar-refractivity contribution in [2.45, 2.75) is 13.3 Å². The first-order chi connectivity index (χ1) is 12.5. The summed E-state index contributed by atoms with van der Waals surface area (Å²) in [5.74, 6) is 0.232. The standard InChI is InChI=1S/C20H22N2O4/c1-12-5-4-6-13(9-12)21-19(23)15-11-16(15)20(24)22-14-7-8-17(25-2)18(10-14)26-3/h4-10,15-16H,11H2,1-3H3,(H,21,23)(H,22,24). The van der Waals surface area contributed by atoms with Gasteiger partial charge >= 0.3 is 0 Å². The highest BCUT2D eigenvalue weighted by molar-refractivity contribution is 6.03. The Bertz CT molecular complexity index is 834. The van der Waals surface area contributed by atoms with Gasteiger partial charge in [-0.2, -0.15) is 0 Å². The van der Waals surface area contributed by atoms with E-state index in [9.17, 15) is 9.59 Å². The summed E-state index contributed by atoms with van der Waals surface area (Å²) in [6.45, 7) is 1.96. The number of ether oxygens (including phenoxy) is 2. The normalized spacial score (nSPS) is 18.0. The predicted molar refractivity (Wildman–Crippen MR) is 99.6 cm³/mol. The molecule has 0 bridgehead atoms. The van der Waals surface area contributed by atoms with Crippen LogP contribution < -0.4 is 20.1 Å². The minimum absolute atomic E-state index is 0.122. The third-order valence-corrected chi connectivity index (χ3v) is 4.40. The van der Waals surface area contributed by atoms with Gasteiger partial charge in [0.2, 0.25) is 11.8 Å². The first-order valence-electron chi connectivity index (χ1n) is 8.42. The van der Waals surface area contributed by atoms with Crippen LogP contribution in [0.5, 0.6) is 11.5 Å². The molecule has 136 valence electrons. The molecule has 0 aromatic heterocycles. The Labute approximate surface area is 152 Å². The number of benzene rings is 2. The van der Waals surface area contributed by atoms with Gasteiger partial charge in [-0.3, -0.25) is 9.59 Å². The van der Waals surface area contributed by atoms with E-state index in [1.807, 2.05) is 31.2 Å². The Morgan fingerprint density at radius 1 is 0.885 bits per heavy atom. The maximum absolute atomic E-state index is 12.4. The highest BCUT2D eigenvalue weighted by Gasteiger charge is 2.48. The van der Waals surface area contributed by atoms with Crippen LogP contribution in [0.1, 0.15) is 12.0 Å². The summed E-state index contributed by atoms with van der Waals surface area (Å²) in [5, 5.41) is 5.70. The van der Waals surface area contributed by atoms with Gasteiger partial charge in [0.15, 0.2) is 11.5 Å². The Hall–Kier alpha value is -3.02. The molecule has 0 radical (unpaired) electrons. The van der Waals surface area contributed by atoms with Crippen molar-refractivity contribution in [2.75, 3.05) is 24.9 Å². The lowest BCUT2D eigenvalue weighted by Gasteiger charge is -2.10. The maximum atomic E-state index is 12.4. The number of carbonyl (C=O) groups excluding carboxylic acids is 2. The molecule has 2 unspecified atom stereocenters. The SMILES string of the molecule is COc1ccc(NC(=O)C2CC2C(=O)Nc2cccc(C)c2)cc1OC. The summed E-state index contributed by atoms with van der Waals surface area (Å²) in [6.07, 6.45) is 0.552. The van der Waals surface area contributed by atoms with Crippen molar-refractivity contribution >= 4 is 23.2 Å². The van der Waals surface area contributed by atoms with Crippen molar-refractivity contribution in [1.82, 2.24) is 0 Å². The molecule has 2 aromatic rings. The Balaban J connectivity index is 1.58.